The van der Waals surface area contributed by atoms with E-state index in [0.29, 0.717) is 10.9 Å². The minimum Gasteiger partial charge on any atom is -0.207 e. The van der Waals surface area contributed by atoms with Crippen molar-refractivity contribution in [3.63, 3.8) is 0 Å². The van der Waals surface area contributed by atoms with Gasteiger partial charge >= 0.3 is 0 Å². The molecular formula is C10H6Br2F2. The lowest BCUT2D eigenvalue weighted by Crippen LogP contribution is -1.88. The zero-order valence-electron chi connectivity index (χ0n) is 7.08. The van der Waals surface area contributed by atoms with E-state index in [2.05, 4.69) is 43.7 Å². The van der Waals surface area contributed by atoms with Gasteiger partial charge in [-0.05, 0) is 22.0 Å². The van der Waals surface area contributed by atoms with Crippen LogP contribution >= 0.6 is 31.9 Å². The van der Waals surface area contributed by atoms with E-state index in [0.717, 1.165) is 11.4 Å². The molecule has 0 spiro atoms. The van der Waals surface area contributed by atoms with E-state index in [4.69, 9.17) is 0 Å². The molecule has 0 aromatic heterocycles. The summed E-state index contributed by atoms with van der Waals surface area (Å²) >= 11 is 6.26. The third-order valence-electron chi connectivity index (χ3n) is 1.44. The molecule has 1 aromatic carbocycles. The second-order valence-electron chi connectivity index (χ2n) is 2.49. The first-order valence-corrected chi connectivity index (χ1v) is 5.76. The van der Waals surface area contributed by atoms with Gasteiger partial charge < -0.3 is 0 Å². The predicted octanol–water partition coefficient (Wildman–Crippen LogP) is 3.86. The molecule has 0 unspecified atom stereocenters. The van der Waals surface area contributed by atoms with Crippen molar-refractivity contribution < 1.29 is 8.78 Å². The molecule has 74 valence electrons. The van der Waals surface area contributed by atoms with Crippen LogP contribution in [0.25, 0.3) is 0 Å². The van der Waals surface area contributed by atoms with Crippen molar-refractivity contribution in [3.05, 3.63) is 33.8 Å². The van der Waals surface area contributed by atoms with Gasteiger partial charge in [-0.3, -0.25) is 0 Å². The Morgan fingerprint density at radius 2 is 2.00 bits per heavy atom. The standard InChI is InChI=1S/C10H6Br2F2/c11-4-2-1-3-8-9(12)5-7(13)6-10(8)14/h5-6H,2,4H2. The fourth-order valence-electron chi connectivity index (χ4n) is 0.860. The molecule has 4 heteroatoms. The monoisotopic (exact) mass is 322 g/mol. The summed E-state index contributed by atoms with van der Waals surface area (Å²) in [6.45, 7) is 0. The average Bonchev–Trinajstić information content (AvgIpc) is 2.09. The van der Waals surface area contributed by atoms with Crippen LogP contribution in [0.2, 0.25) is 0 Å². The quantitative estimate of drug-likeness (QED) is 0.544. The molecule has 0 aliphatic rings. The van der Waals surface area contributed by atoms with Crippen LogP contribution in [0, 0.1) is 23.5 Å². The zero-order valence-corrected chi connectivity index (χ0v) is 10.3. The van der Waals surface area contributed by atoms with E-state index >= 15 is 0 Å². The molecule has 0 N–H and O–H groups in total. The summed E-state index contributed by atoms with van der Waals surface area (Å²) in [7, 11) is 0. The Hall–Kier alpha value is -0.400. The molecule has 0 amide bonds. The summed E-state index contributed by atoms with van der Waals surface area (Å²) in [6.07, 6.45) is 0.628. The first-order valence-electron chi connectivity index (χ1n) is 3.84. The van der Waals surface area contributed by atoms with E-state index in [1.165, 1.54) is 6.07 Å². The van der Waals surface area contributed by atoms with E-state index in [1.807, 2.05) is 0 Å². The fourth-order valence-corrected chi connectivity index (χ4v) is 1.57. The van der Waals surface area contributed by atoms with Crippen molar-refractivity contribution in [2.45, 2.75) is 6.42 Å². The van der Waals surface area contributed by atoms with Crippen molar-refractivity contribution >= 4 is 31.9 Å². The van der Waals surface area contributed by atoms with Crippen LogP contribution in [0.15, 0.2) is 16.6 Å². The Morgan fingerprint density at radius 1 is 1.29 bits per heavy atom. The van der Waals surface area contributed by atoms with Crippen LogP contribution in [-0.4, -0.2) is 5.33 Å². The lowest BCUT2D eigenvalue weighted by molar-refractivity contribution is 0.579. The molecule has 0 atom stereocenters. The molecule has 0 heterocycles. The van der Waals surface area contributed by atoms with E-state index < -0.39 is 11.6 Å². The minimum atomic E-state index is -0.640. The van der Waals surface area contributed by atoms with Crippen LogP contribution in [0.5, 0.6) is 0 Å². The third kappa shape index (κ3) is 3.07. The third-order valence-corrected chi connectivity index (χ3v) is 2.46. The molecule has 0 saturated heterocycles. The molecular weight excluding hydrogens is 318 g/mol. The van der Waals surface area contributed by atoms with Crippen molar-refractivity contribution in [2.75, 3.05) is 5.33 Å². The van der Waals surface area contributed by atoms with Crippen molar-refractivity contribution in [3.8, 4) is 11.8 Å². The predicted molar refractivity (Wildman–Crippen MR) is 59.3 cm³/mol. The maximum atomic E-state index is 13.2. The Bertz CT molecular complexity index is 368. The normalized spacial score (nSPS) is 9.43. The molecule has 0 radical (unpaired) electrons. The van der Waals surface area contributed by atoms with Crippen LogP contribution in [-0.2, 0) is 0 Å². The van der Waals surface area contributed by atoms with Crippen LogP contribution < -0.4 is 0 Å². The van der Waals surface area contributed by atoms with Gasteiger partial charge in [0.15, 0.2) is 0 Å². The van der Waals surface area contributed by atoms with Gasteiger partial charge in [0.2, 0.25) is 0 Å². The highest BCUT2D eigenvalue weighted by molar-refractivity contribution is 9.10. The summed E-state index contributed by atoms with van der Waals surface area (Å²) in [5, 5.41) is 0.737. The van der Waals surface area contributed by atoms with Gasteiger partial charge in [0.05, 0.1) is 5.56 Å². The van der Waals surface area contributed by atoms with Gasteiger partial charge in [-0.1, -0.05) is 27.8 Å². The smallest absolute Gasteiger partial charge is 0.142 e. The summed E-state index contributed by atoms with van der Waals surface area (Å²) < 4.78 is 26.2. The molecule has 0 nitrogen and oxygen atoms in total. The van der Waals surface area contributed by atoms with Crippen molar-refractivity contribution in [2.24, 2.45) is 0 Å². The second-order valence-corrected chi connectivity index (χ2v) is 4.13. The van der Waals surface area contributed by atoms with Crippen LogP contribution in [0.4, 0.5) is 8.78 Å². The number of benzene rings is 1. The maximum absolute atomic E-state index is 13.2. The van der Waals surface area contributed by atoms with Crippen LogP contribution in [0.1, 0.15) is 12.0 Å². The Balaban J connectivity index is 3.04. The molecule has 1 rings (SSSR count). The first-order chi connectivity index (χ1) is 6.65. The lowest BCUT2D eigenvalue weighted by Gasteiger charge is -1.98. The average molecular weight is 324 g/mol. The van der Waals surface area contributed by atoms with Gasteiger partial charge in [0.1, 0.15) is 11.6 Å². The van der Waals surface area contributed by atoms with E-state index in [9.17, 15) is 8.78 Å². The minimum absolute atomic E-state index is 0.201. The number of halogens is 4. The highest BCUT2D eigenvalue weighted by atomic mass is 79.9. The Morgan fingerprint density at radius 3 is 2.57 bits per heavy atom. The molecule has 0 aliphatic heterocycles. The van der Waals surface area contributed by atoms with Crippen molar-refractivity contribution in [1.29, 1.82) is 0 Å². The first kappa shape index (κ1) is 11.7. The molecule has 0 fully saturated rings. The summed E-state index contributed by atoms with van der Waals surface area (Å²) in [6, 6.07) is 2.02. The van der Waals surface area contributed by atoms with Gasteiger partial charge in [-0.25, -0.2) is 8.78 Å². The molecule has 0 saturated carbocycles. The summed E-state index contributed by atoms with van der Waals surface area (Å²) in [5.41, 5.74) is 0.201. The molecule has 1 aromatic rings. The van der Waals surface area contributed by atoms with Crippen molar-refractivity contribution in [1.82, 2.24) is 0 Å². The summed E-state index contributed by atoms with van der Waals surface area (Å²) in [4.78, 5) is 0. The van der Waals surface area contributed by atoms with E-state index in [1.54, 1.807) is 0 Å². The van der Waals surface area contributed by atoms with Gasteiger partial charge in [-0.2, -0.15) is 0 Å². The Kier molecular flexibility index (Phi) is 4.56. The molecule has 0 bridgehead atoms. The largest absolute Gasteiger partial charge is 0.207 e. The molecule has 14 heavy (non-hydrogen) atoms. The van der Waals surface area contributed by atoms with Gasteiger partial charge in [0.25, 0.3) is 0 Å². The zero-order chi connectivity index (χ0) is 10.6. The maximum Gasteiger partial charge on any atom is 0.142 e. The Labute approximate surface area is 98.0 Å². The second kappa shape index (κ2) is 5.47. The number of hydrogen-bond donors (Lipinski definition) is 0. The summed E-state index contributed by atoms with van der Waals surface area (Å²) in [5.74, 6) is 4.15. The van der Waals surface area contributed by atoms with Gasteiger partial charge in [-0.15, -0.1) is 0 Å². The highest BCUT2D eigenvalue weighted by Gasteiger charge is 2.06. The van der Waals surface area contributed by atoms with E-state index in [-0.39, 0.29) is 5.56 Å². The van der Waals surface area contributed by atoms with Gasteiger partial charge in [0, 0.05) is 22.3 Å². The topological polar surface area (TPSA) is 0 Å². The number of rotatable bonds is 1. The number of hydrogen-bond acceptors (Lipinski definition) is 0. The lowest BCUT2D eigenvalue weighted by atomic mass is 10.2. The SMILES string of the molecule is Fc1cc(F)c(C#CCCBr)c(Br)c1. The highest BCUT2D eigenvalue weighted by Crippen LogP contribution is 2.20. The fraction of sp³-hybridized carbons (Fsp3) is 0.200. The van der Waals surface area contributed by atoms with Crippen LogP contribution in [0.3, 0.4) is 0 Å². The molecule has 0 aliphatic carbocycles. The number of alkyl halides is 1.